The van der Waals surface area contributed by atoms with E-state index in [2.05, 4.69) is 25.9 Å². The number of nitrogens with one attached hydrogen (secondary N) is 1. The molecule has 1 atom stereocenters. The van der Waals surface area contributed by atoms with Crippen molar-refractivity contribution in [1.82, 2.24) is 9.97 Å². The Morgan fingerprint density at radius 1 is 1.59 bits per heavy atom. The molecule has 2 aromatic heterocycles. The number of fused-ring (bicyclic) bond motifs is 1. The minimum absolute atomic E-state index is 0.0400. The lowest BCUT2D eigenvalue weighted by atomic mass is 9.96. The number of hydrogen-bond acceptors (Lipinski definition) is 3. The highest BCUT2D eigenvalue weighted by molar-refractivity contribution is 9.10. The van der Waals surface area contributed by atoms with Gasteiger partial charge in [0.05, 0.1) is 0 Å². The second-order valence-electron chi connectivity index (χ2n) is 5.06. The van der Waals surface area contributed by atoms with Crippen LogP contribution in [-0.4, -0.2) is 22.4 Å². The molecular formula is C16H17BrFN3O. The summed E-state index contributed by atoms with van der Waals surface area (Å²) < 4.78 is 13.0. The molecule has 6 heteroatoms. The van der Waals surface area contributed by atoms with E-state index in [1.807, 2.05) is 19.1 Å². The van der Waals surface area contributed by atoms with Crippen LogP contribution in [0.4, 0.5) is 4.39 Å². The minimum atomic E-state index is -0.671. The maximum Gasteiger partial charge on any atom is 0.168 e. The molecule has 0 aliphatic carbocycles. The Kier molecular flexibility index (Phi) is 5.49. The van der Waals surface area contributed by atoms with Crippen LogP contribution in [0.2, 0.25) is 0 Å². The summed E-state index contributed by atoms with van der Waals surface area (Å²) >= 11 is 3.36. The van der Waals surface area contributed by atoms with Gasteiger partial charge in [0.25, 0.3) is 0 Å². The van der Waals surface area contributed by atoms with Crippen molar-refractivity contribution in [2.75, 3.05) is 6.67 Å². The van der Waals surface area contributed by atoms with Gasteiger partial charge in [-0.15, -0.1) is 0 Å². The Hall–Kier alpha value is -1.95. The number of ketones is 1. The first kappa shape index (κ1) is 16.4. The SMILES string of the molecule is CC(CC=C/C=C(/N)CF)C(=O)c1c[nH]c2ncc(Br)cc12. The number of hydrogen-bond donors (Lipinski definition) is 2. The van der Waals surface area contributed by atoms with Crippen LogP contribution in [0.3, 0.4) is 0 Å². The first-order chi connectivity index (χ1) is 10.5. The number of aromatic amines is 1. The Morgan fingerprint density at radius 3 is 3.09 bits per heavy atom. The second kappa shape index (κ2) is 7.35. The van der Waals surface area contributed by atoms with Crippen LogP contribution >= 0.6 is 15.9 Å². The predicted molar refractivity (Wildman–Crippen MR) is 89.3 cm³/mol. The van der Waals surface area contributed by atoms with Gasteiger partial charge in [-0.05, 0) is 34.5 Å². The zero-order valence-corrected chi connectivity index (χ0v) is 13.7. The molecule has 2 aromatic rings. The van der Waals surface area contributed by atoms with Gasteiger partial charge >= 0.3 is 0 Å². The quantitative estimate of drug-likeness (QED) is 0.602. The summed E-state index contributed by atoms with van der Waals surface area (Å²) in [7, 11) is 0. The van der Waals surface area contributed by atoms with Gasteiger partial charge < -0.3 is 10.7 Å². The van der Waals surface area contributed by atoms with E-state index >= 15 is 0 Å². The number of aromatic nitrogens is 2. The number of Topliss-reactive ketones (excluding diaryl/α,β-unsaturated/α-hetero) is 1. The van der Waals surface area contributed by atoms with E-state index in [-0.39, 0.29) is 17.4 Å². The lowest BCUT2D eigenvalue weighted by Gasteiger charge is -2.06. The fourth-order valence-electron chi connectivity index (χ4n) is 2.07. The summed E-state index contributed by atoms with van der Waals surface area (Å²) in [6.07, 6.45) is 8.92. The Morgan fingerprint density at radius 2 is 2.36 bits per heavy atom. The first-order valence-corrected chi connectivity index (χ1v) is 7.66. The average molecular weight is 366 g/mol. The van der Waals surface area contributed by atoms with E-state index < -0.39 is 6.67 Å². The lowest BCUT2D eigenvalue weighted by molar-refractivity contribution is 0.0932. The summed E-state index contributed by atoms with van der Waals surface area (Å²) in [4.78, 5) is 19.7. The Bertz CT molecular complexity index is 736. The number of pyridine rings is 1. The topological polar surface area (TPSA) is 71.8 Å². The molecule has 3 N–H and O–H groups in total. The first-order valence-electron chi connectivity index (χ1n) is 6.87. The molecular weight excluding hydrogens is 349 g/mol. The highest BCUT2D eigenvalue weighted by Gasteiger charge is 2.18. The van der Waals surface area contributed by atoms with Gasteiger partial charge in [0.15, 0.2) is 5.78 Å². The van der Waals surface area contributed by atoms with Gasteiger partial charge in [0.1, 0.15) is 12.3 Å². The fraction of sp³-hybridized carbons (Fsp3) is 0.250. The summed E-state index contributed by atoms with van der Waals surface area (Å²) in [5.41, 5.74) is 6.84. The van der Waals surface area contributed by atoms with Gasteiger partial charge in [0, 0.05) is 39.4 Å². The summed E-state index contributed by atoms with van der Waals surface area (Å²) in [5, 5.41) is 0.803. The van der Waals surface area contributed by atoms with Crippen molar-refractivity contribution in [3.05, 3.63) is 52.4 Å². The molecule has 0 saturated heterocycles. The molecule has 0 aromatic carbocycles. The molecule has 0 spiro atoms. The lowest BCUT2D eigenvalue weighted by Crippen LogP contribution is -2.10. The number of rotatable bonds is 6. The molecule has 2 rings (SSSR count). The third-order valence-electron chi connectivity index (χ3n) is 3.30. The van der Waals surface area contributed by atoms with E-state index in [1.54, 1.807) is 18.5 Å². The van der Waals surface area contributed by atoms with Crippen LogP contribution in [0.5, 0.6) is 0 Å². The number of nitrogens with two attached hydrogens (primary N) is 1. The number of carbonyl (C=O) groups is 1. The maximum atomic E-state index is 12.5. The number of carbonyl (C=O) groups excluding carboxylic acids is 1. The Balaban J connectivity index is 2.11. The van der Waals surface area contributed by atoms with E-state index in [0.29, 0.717) is 17.6 Å². The monoisotopic (exact) mass is 365 g/mol. The van der Waals surface area contributed by atoms with Gasteiger partial charge in [-0.1, -0.05) is 19.1 Å². The largest absolute Gasteiger partial charge is 0.400 e. The summed E-state index contributed by atoms with van der Waals surface area (Å²) in [5.74, 6) is -0.146. The van der Waals surface area contributed by atoms with E-state index in [0.717, 1.165) is 9.86 Å². The molecule has 0 fully saturated rings. The summed E-state index contributed by atoms with van der Waals surface area (Å²) in [6.45, 7) is 1.19. The molecule has 4 nitrogen and oxygen atoms in total. The zero-order chi connectivity index (χ0) is 16.1. The standard InChI is InChI=1S/C16H17BrFN3O/c1-10(4-2-3-5-12(19)7-18)15(22)14-9-21-16-13(14)6-11(17)8-20-16/h2-3,5-6,8-10H,4,7,19H2,1H3,(H,20,21)/b3-2?,12-5+. The van der Waals surface area contributed by atoms with E-state index in [1.165, 1.54) is 6.08 Å². The minimum Gasteiger partial charge on any atom is -0.400 e. The van der Waals surface area contributed by atoms with Crippen molar-refractivity contribution in [3.63, 3.8) is 0 Å². The molecule has 1 unspecified atom stereocenters. The molecule has 0 radical (unpaired) electrons. The highest BCUT2D eigenvalue weighted by Crippen LogP contribution is 2.23. The van der Waals surface area contributed by atoms with Crippen molar-refractivity contribution in [1.29, 1.82) is 0 Å². The number of H-pyrrole nitrogens is 1. The van der Waals surface area contributed by atoms with Gasteiger partial charge in [0.2, 0.25) is 0 Å². The number of nitrogens with zero attached hydrogens (tertiary/aromatic N) is 1. The molecule has 0 bridgehead atoms. The third-order valence-corrected chi connectivity index (χ3v) is 3.73. The summed E-state index contributed by atoms with van der Waals surface area (Å²) in [6, 6.07) is 1.87. The van der Waals surface area contributed by atoms with Crippen LogP contribution in [0.1, 0.15) is 23.7 Å². The van der Waals surface area contributed by atoms with E-state index in [9.17, 15) is 9.18 Å². The number of alkyl halides is 1. The highest BCUT2D eigenvalue weighted by atomic mass is 79.9. The number of allylic oxidation sites excluding steroid dienone is 4. The van der Waals surface area contributed by atoms with Gasteiger partial charge in [-0.25, -0.2) is 9.37 Å². The second-order valence-corrected chi connectivity index (χ2v) is 5.97. The molecule has 0 aliphatic heterocycles. The van der Waals surface area contributed by atoms with Crippen molar-refractivity contribution >= 4 is 32.7 Å². The van der Waals surface area contributed by atoms with Crippen LogP contribution in [0, 0.1) is 5.92 Å². The molecule has 116 valence electrons. The normalized spacial score (nSPS) is 13.9. The molecule has 0 amide bonds. The van der Waals surface area contributed by atoms with E-state index in [4.69, 9.17) is 5.73 Å². The van der Waals surface area contributed by atoms with Crippen molar-refractivity contribution in [2.45, 2.75) is 13.3 Å². The maximum absolute atomic E-state index is 12.5. The van der Waals surface area contributed by atoms with Crippen molar-refractivity contribution < 1.29 is 9.18 Å². The Labute approximate surface area is 136 Å². The van der Waals surface area contributed by atoms with Crippen LogP contribution < -0.4 is 5.73 Å². The van der Waals surface area contributed by atoms with Crippen molar-refractivity contribution in [2.24, 2.45) is 11.7 Å². The predicted octanol–water partition coefficient (Wildman–Crippen LogP) is 3.90. The molecule has 0 saturated carbocycles. The van der Waals surface area contributed by atoms with Gasteiger partial charge in [-0.3, -0.25) is 4.79 Å². The molecule has 2 heterocycles. The molecule has 0 aliphatic rings. The van der Waals surface area contributed by atoms with Crippen LogP contribution in [0.25, 0.3) is 11.0 Å². The smallest absolute Gasteiger partial charge is 0.168 e. The third kappa shape index (κ3) is 3.82. The fourth-order valence-corrected chi connectivity index (χ4v) is 2.40. The zero-order valence-electron chi connectivity index (χ0n) is 12.1. The van der Waals surface area contributed by atoms with Crippen LogP contribution in [0.15, 0.2) is 46.9 Å². The van der Waals surface area contributed by atoms with Crippen molar-refractivity contribution in [3.8, 4) is 0 Å². The van der Waals surface area contributed by atoms with Crippen LogP contribution in [-0.2, 0) is 0 Å². The molecule has 22 heavy (non-hydrogen) atoms. The number of halogens is 2. The average Bonchev–Trinajstić information content (AvgIpc) is 2.93. The van der Waals surface area contributed by atoms with Gasteiger partial charge in [-0.2, -0.15) is 0 Å².